The second kappa shape index (κ2) is 10.4. The molecular weight excluding hydrogens is 450 g/mol. The molecule has 0 bridgehead atoms. The average Bonchev–Trinajstić information content (AvgIpc) is 3.47. The van der Waals surface area contributed by atoms with Crippen LogP contribution in [0.1, 0.15) is 111 Å². The van der Waals surface area contributed by atoms with Gasteiger partial charge >= 0.3 is 6.09 Å². The first-order chi connectivity index (χ1) is 17.2. The molecule has 0 radical (unpaired) electrons. The van der Waals surface area contributed by atoms with Gasteiger partial charge in [-0.05, 0) is 116 Å². The molecule has 0 saturated heterocycles. The molecule has 0 aromatic rings. The van der Waals surface area contributed by atoms with Crippen molar-refractivity contribution in [1.82, 2.24) is 5.32 Å². The molecule has 206 valence electrons. The molecule has 0 aromatic carbocycles. The van der Waals surface area contributed by atoms with Crippen LogP contribution in [0.5, 0.6) is 0 Å². The minimum absolute atomic E-state index is 0.186. The van der Waals surface area contributed by atoms with Gasteiger partial charge in [0.2, 0.25) is 0 Å². The van der Waals surface area contributed by atoms with Crippen molar-refractivity contribution in [3.8, 4) is 0 Å². The lowest BCUT2D eigenvalue weighted by Gasteiger charge is -2.64. The topological polar surface area (TPSA) is 78.8 Å². The van der Waals surface area contributed by atoms with Gasteiger partial charge in [0, 0.05) is 6.04 Å². The Bertz CT molecular complexity index is 783. The van der Waals surface area contributed by atoms with Crippen molar-refractivity contribution in [3.63, 3.8) is 0 Å². The van der Waals surface area contributed by atoms with Gasteiger partial charge in [0.15, 0.2) is 0 Å². The number of hydrogen-bond donors (Lipinski definition) is 3. The zero-order valence-corrected chi connectivity index (χ0v) is 23.4. The Labute approximate surface area is 219 Å². The molecule has 11 atom stereocenters. The van der Waals surface area contributed by atoms with Crippen molar-refractivity contribution >= 4 is 6.09 Å². The van der Waals surface area contributed by atoms with E-state index in [1.807, 2.05) is 0 Å². The number of rotatable bonds is 6. The van der Waals surface area contributed by atoms with Crippen LogP contribution in [-0.4, -0.2) is 41.2 Å². The van der Waals surface area contributed by atoms with E-state index in [0.29, 0.717) is 54.1 Å². The number of ether oxygens (including phenoxy) is 1. The van der Waals surface area contributed by atoms with Crippen LogP contribution in [0.4, 0.5) is 4.79 Å². The minimum atomic E-state index is -0.235. The first-order valence-electron chi connectivity index (χ1n) is 15.5. The molecule has 5 aliphatic rings. The second-order valence-electron chi connectivity index (χ2n) is 14.1. The highest BCUT2D eigenvalue weighted by atomic mass is 16.5. The summed E-state index contributed by atoms with van der Waals surface area (Å²) in [6.07, 6.45) is 13.7. The summed E-state index contributed by atoms with van der Waals surface area (Å²) in [5.41, 5.74) is 0.526. The van der Waals surface area contributed by atoms with Crippen LogP contribution >= 0.6 is 0 Å². The fourth-order valence-corrected chi connectivity index (χ4v) is 10.7. The normalized spacial score (nSPS) is 47.5. The van der Waals surface area contributed by atoms with Gasteiger partial charge in [-0.3, -0.25) is 0 Å². The van der Waals surface area contributed by atoms with E-state index < -0.39 is 0 Å². The standard InChI is InChI=1S/C31H53NO4/c1-5-22-26-18-21(33)12-15-31(26,4)25-13-16-30(3)23(10-11-24(30)27(25)28(22)34)19(2)14-17-36-29(35)32-20-8-6-7-9-20/h19-28,33-34H,5-18H2,1-4H3,(H,32,35)/t19-,21-,22-,23-,24+,25+,26+,27+,28-,30-,31-/m1/s1. The van der Waals surface area contributed by atoms with Crippen molar-refractivity contribution < 1.29 is 19.7 Å². The monoisotopic (exact) mass is 503 g/mol. The van der Waals surface area contributed by atoms with E-state index in [9.17, 15) is 15.0 Å². The Hall–Kier alpha value is -0.810. The fraction of sp³-hybridized carbons (Fsp3) is 0.968. The van der Waals surface area contributed by atoms with Gasteiger partial charge in [-0.2, -0.15) is 0 Å². The van der Waals surface area contributed by atoms with E-state index in [-0.39, 0.29) is 29.1 Å². The molecule has 0 aromatic heterocycles. The zero-order valence-electron chi connectivity index (χ0n) is 23.4. The minimum Gasteiger partial charge on any atom is -0.450 e. The Morgan fingerprint density at radius 1 is 0.972 bits per heavy atom. The summed E-state index contributed by atoms with van der Waals surface area (Å²) in [4.78, 5) is 12.2. The number of carbonyl (C=O) groups excluding carboxylic acids is 1. The lowest BCUT2D eigenvalue weighted by molar-refractivity contribution is -0.203. The van der Waals surface area contributed by atoms with Crippen molar-refractivity contribution in [1.29, 1.82) is 0 Å². The molecule has 5 rings (SSSR count). The molecule has 5 aliphatic carbocycles. The van der Waals surface area contributed by atoms with E-state index in [1.54, 1.807) is 0 Å². The first kappa shape index (κ1) is 26.8. The molecule has 36 heavy (non-hydrogen) atoms. The van der Waals surface area contributed by atoms with Gasteiger partial charge in [-0.1, -0.05) is 47.0 Å². The summed E-state index contributed by atoms with van der Waals surface area (Å²) in [6, 6.07) is 0.308. The molecular formula is C31H53NO4. The largest absolute Gasteiger partial charge is 0.450 e. The Morgan fingerprint density at radius 3 is 2.39 bits per heavy atom. The predicted octanol–water partition coefficient (Wildman–Crippen LogP) is 6.31. The Balaban J connectivity index is 1.24. The maximum absolute atomic E-state index is 12.2. The molecule has 0 aliphatic heterocycles. The molecule has 5 heteroatoms. The second-order valence-corrected chi connectivity index (χ2v) is 14.1. The highest BCUT2D eigenvalue weighted by molar-refractivity contribution is 5.67. The first-order valence-corrected chi connectivity index (χ1v) is 15.5. The summed E-state index contributed by atoms with van der Waals surface area (Å²) in [5.74, 6) is 3.50. The third kappa shape index (κ3) is 4.52. The van der Waals surface area contributed by atoms with Crippen molar-refractivity contribution in [2.75, 3.05) is 6.61 Å². The van der Waals surface area contributed by atoms with E-state index in [0.717, 1.165) is 44.9 Å². The van der Waals surface area contributed by atoms with Crippen LogP contribution in [-0.2, 0) is 4.74 Å². The molecule has 0 heterocycles. The Morgan fingerprint density at radius 2 is 1.67 bits per heavy atom. The molecule has 5 nitrogen and oxygen atoms in total. The molecule has 3 N–H and O–H groups in total. The highest BCUT2D eigenvalue weighted by Crippen LogP contribution is 2.69. The number of alkyl carbamates (subject to hydrolysis) is 1. The van der Waals surface area contributed by atoms with Crippen molar-refractivity contribution in [2.45, 2.75) is 129 Å². The van der Waals surface area contributed by atoms with E-state index in [4.69, 9.17) is 4.74 Å². The molecule has 1 amide bonds. The SMILES string of the molecule is CC[C@H]1[C@@H](O)[C@@H]2[C@H](CC[C@]3(C)[C@@H]([C@H](C)CCOC(=O)NC4CCCC4)CC[C@@H]23)[C@@]2(C)CC[C@@H](O)C[C@@H]12. The summed E-state index contributed by atoms with van der Waals surface area (Å²) in [5, 5.41) is 25.4. The third-order valence-electron chi connectivity index (χ3n) is 12.6. The number of carbonyl (C=O) groups is 1. The van der Waals surface area contributed by atoms with Gasteiger partial charge in [-0.25, -0.2) is 4.79 Å². The number of aliphatic hydroxyl groups excluding tert-OH is 2. The lowest BCUT2D eigenvalue weighted by Crippen LogP contribution is -2.62. The number of hydrogen-bond acceptors (Lipinski definition) is 4. The van der Waals surface area contributed by atoms with Gasteiger partial charge in [0.25, 0.3) is 0 Å². The van der Waals surface area contributed by atoms with Crippen molar-refractivity contribution in [2.24, 2.45) is 52.3 Å². The summed E-state index contributed by atoms with van der Waals surface area (Å²) in [6.45, 7) is 10.2. The maximum atomic E-state index is 12.2. The van der Waals surface area contributed by atoms with Crippen molar-refractivity contribution in [3.05, 3.63) is 0 Å². The van der Waals surface area contributed by atoms with E-state index in [1.165, 1.54) is 38.5 Å². The number of nitrogens with one attached hydrogen (secondary N) is 1. The van der Waals surface area contributed by atoms with Crippen LogP contribution in [0.2, 0.25) is 0 Å². The summed E-state index contributed by atoms with van der Waals surface area (Å²) in [7, 11) is 0. The zero-order chi connectivity index (χ0) is 25.7. The van der Waals surface area contributed by atoms with Crippen LogP contribution in [0.3, 0.4) is 0 Å². The summed E-state index contributed by atoms with van der Waals surface area (Å²) < 4.78 is 5.61. The highest BCUT2D eigenvalue weighted by Gasteiger charge is 2.64. The average molecular weight is 504 g/mol. The number of fused-ring (bicyclic) bond motifs is 5. The number of aliphatic hydroxyl groups is 2. The summed E-state index contributed by atoms with van der Waals surface area (Å²) >= 11 is 0. The molecule has 5 fully saturated rings. The third-order valence-corrected chi connectivity index (χ3v) is 12.6. The molecule has 5 saturated carbocycles. The maximum Gasteiger partial charge on any atom is 0.407 e. The molecule has 0 unspecified atom stereocenters. The van der Waals surface area contributed by atoms with Crippen LogP contribution < -0.4 is 5.32 Å². The number of amides is 1. The fourth-order valence-electron chi connectivity index (χ4n) is 10.7. The van der Waals surface area contributed by atoms with Gasteiger partial charge in [0.1, 0.15) is 0 Å². The van der Waals surface area contributed by atoms with Gasteiger partial charge in [-0.15, -0.1) is 0 Å². The van der Waals surface area contributed by atoms with Crippen LogP contribution in [0.15, 0.2) is 0 Å². The predicted molar refractivity (Wildman–Crippen MR) is 142 cm³/mol. The van der Waals surface area contributed by atoms with Crippen LogP contribution in [0.25, 0.3) is 0 Å². The smallest absolute Gasteiger partial charge is 0.407 e. The Kier molecular flexibility index (Phi) is 7.73. The van der Waals surface area contributed by atoms with Gasteiger partial charge < -0.3 is 20.3 Å². The van der Waals surface area contributed by atoms with Crippen LogP contribution in [0, 0.1) is 52.3 Å². The van der Waals surface area contributed by atoms with E-state index in [2.05, 4.69) is 33.0 Å². The van der Waals surface area contributed by atoms with E-state index >= 15 is 0 Å². The lowest BCUT2D eigenvalue weighted by atomic mass is 9.41. The van der Waals surface area contributed by atoms with Gasteiger partial charge in [0.05, 0.1) is 18.8 Å². The molecule has 0 spiro atoms. The quantitative estimate of drug-likeness (QED) is 0.397.